The topological polar surface area (TPSA) is 58.2 Å². The highest BCUT2D eigenvalue weighted by Crippen LogP contribution is 2.40. The van der Waals surface area contributed by atoms with Crippen LogP contribution in [0.1, 0.15) is 17.5 Å². The molecule has 25 heavy (non-hydrogen) atoms. The third-order valence-corrected chi connectivity index (χ3v) is 4.78. The minimum Gasteiger partial charge on any atom is -0.352 e. The zero-order valence-corrected chi connectivity index (χ0v) is 14.4. The van der Waals surface area contributed by atoms with Crippen molar-refractivity contribution in [2.24, 2.45) is 11.8 Å². The van der Waals surface area contributed by atoms with Gasteiger partial charge in [0.2, 0.25) is 11.8 Å². The second-order valence-electron chi connectivity index (χ2n) is 6.19. The van der Waals surface area contributed by atoms with Crippen molar-refractivity contribution in [3.8, 4) is 0 Å². The van der Waals surface area contributed by atoms with Gasteiger partial charge in [0.1, 0.15) is 5.82 Å². The molecule has 0 saturated heterocycles. The molecule has 0 radical (unpaired) electrons. The van der Waals surface area contributed by atoms with Crippen LogP contribution in [0.2, 0.25) is 5.02 Å². The normalized spacial score (nSPS) is 18.5. The van der Waals surface area contributed by atoms with E-state index in [1.165, 1.54) is 12.1 Å². The zero-order valence-electron chi connectivity index (χ0n) is 13.7. The van der Waals surface area contributed by atoms with Gasteiger partial charge in [0.15, 0.2) is 0 Å². The molecule has 2 N–H and O–H groups in total. The van der Waals surface area contributed by atoms with Crippen LogP contribution >= 0.6 is 11.6 Å². The molecule has 0 aromatic heterocycles. The monoisotopic (exact) mass is 360 g/mol. The summed E-state index contributed by atoms with van der Waals surface area (Å²) in [5.74, 6) is -1.29. The molecule has 1 aliphatic rings. The first-order valence-corrected chi connectivity index (χ1v) is 8.41. The highest BCUT2D eigenvalue weighted by atomic mass is 35.5. The maximum atomic E-state index is 12.9. The first-order chi connectivity index (χ1) is 12.0. The van der Waals surface area contributed by atoms with Gasteiger partial charge in [-0.15, -0.1) is 0 Å². The summed E-state index contributed by atoms with van der Waals surface area (Å²) in [6.07, 6.45) is 0.528. The molecule has 0 bridgehead atoms. The van der Waals surface area contributed by atoms with Gasteiger partial charge in [-0.25, -0.2) is 4.39 Å². The fourth-order valence-corrected chi connectivity index (χ4v) is 2.84. The van der Waals surface area contributed by atoms with E-state index >= 15 is 0 Å². The van der Waals surface area contributed by atoms with Crippen LogP contribution < -0.4 is 10.6 Å². The molecular formula is C19H18ClFN2O2. The van der Waals surface area contributed by atoms with Gasteiger partial charge < -0.3 is 10.6 Å². The first-order valence-electron chi connectivity index (χ1n) is 8.04. The van der Waals surface area contributed by atoms with Gasteiger partial charge >= 0.3 is 0 Å². The number of hydrogen-bond donors (Lipinski definition) is 2. The van der Waals surface area contributed by atoms with E-state index in [0.717, 1.165) is 11.1 Å². The Kier molecular flexibility index (Phi) is 5.04. The van der Waals surface area contributed by atoms with Gasteiger partial charge in [0.25, 0.3) is 0 Å². The fourth-order valence-electron chi connectivity index (χ4n) is 2.67. The maximum Gasteiger partial charge on any atom is 0.228 e. The predicted octanol–water partition coefficient (Wildman–Crippen LogP) is 3.68. The van der Waals surface area contributed by atoms with E-state index < -0.39 is 0 Å². The number of benzene rings is 2. The highest BCUT2D eigenvalue weighted by Gasteiger charge is 2.47. The van der Waals surface area contributed by atoms with E-state index in [1.54, 1.807) is 30.3 Å². The van der Waals surface area contributed by atoms with Crippen molar-refractivity contribution in [2.45, 2.75) is 19.9 Å². The van der Waals surface area contributed by atoms with Crippen molar-refractivity contribution >= 4 is 29.1 Å². The van der Waals surface area contributed by atoms with Crippen molar-refractivity contribution in [2.75, 3.05) is 5.32 Å². The summed E-state index contributed by atoms with van der Waals surface area (Å²) in [5, 5.41) is 6.21. The summed E-state index contributed by atoms with van der Waals surface area (Å²) in [6.45, 7) is 2.15. The van der Waals surface area contributed by atoms with Crippen molar-refractivity contribution in [3.63, 3.8) is 0 Å². The third-order valence-electron chi connectivity index (χ3n) is 4.37. The molecule has 4 nitrogen and oxygen atoms in total. The molecule has 0 spiro atoms. The molecule has 2 unspecified atom stereocenters. The molecule has 0 heterocycles. The molecule has 3 rings (SSSR count). The predicted molar refractivity (Wildman–Crippen MR) is 94.7 cm³/mol. The lowest BCUT2D eigenvalue weighted by Crippen LogP contribution is -2.27. The number of halogens is 2. The molecule has 0 aliphatic heterocycles. The minimum atomic E-state index is -0.327. The molecule has 1 aliphatic carbocycles. The number of hydrogen-bond acceptors (Lipinski definition) is 2. The number of rotatable bonds is 5. The van der Waals surface area contributed by atoms with Crippen LogP contribution in [0, 0.1) is 24.6 Å². The Balaban J connectivity index is 1.51. The van der Waals surface area contributed by atoms with Crippen molar-refractivity contribution in [1.29, 1.82) is 0 Å². The molecule has 130 valence electrons. The molecule has 1 fully saturated rings. The smallest absolute Gasteiger partial charge is 0.228 e. The third kappa shape index (κ3) is 4.17. The van der Waals surface area contributed by atoms with Crippen LogP contribution in [-0.2, 0) is 16.1 Å². The van der Waals surface area contributed by atoms with Crippen molar-refractivity contribution in [3.05, 3.63) is 64.4 Å². The van der Waals surface area contributed by atoms with Crippen LogP contribution in [0.15, 0.2) is 42.5 Å². The summed E-state index contributed by atoms with van der Waals surface area (Å²) < 4.78 is 12.9. The molecule has 2 atom stereocenters. The Morgan fingerprint density at radius 2 is 1.80 bits per heavy atom. The van der Waals surface area contributed by atoms with Gasteiger partial charge in [-0.1, -0.05) is 29.8 Å². The summed E-state index contributed by atoms with van der Waals surface area (Å²) >= 11 is 6.04. The number of amides is 2. The Morgan fingerprint density at radius 3 is 2.52 bits per heavy atom. The van der Waals surface area contributed by atoms with Crippen LogP contribution in [0.3, 0.4) is 0 Å². The van der Waals surface area contributed by atoms with Crippen LogP contribution in [0.5, 0.6) is 0 Å². The number of carbonyl (C=O) groups is 2. The molecule has 6 heteroatoms. The number of anilines is 1. The maximum absolute atomic E-state index is 12.9. The van der Waals surface area contributed by atoms with Gasteiger partial charge in [-0.2, -0.15) is 0 Å². The lowest BCUT2D eigenvalue weighted by Gasteiger charge is -2.09. The van der Waals surface area contributed by atoms with Gasteiger partial charge in [0, 0.05) is 17.3 Å². The Labute approximate surface area is 150 Å². The summed E-state index contributed by atoms with van der Waals surface area (Å²) in [4.78, 5) is 24.4. The average Bonchev–Trinajstić information content (AvgIpc) is 3.39. The minimum absolute atomic E-state index is 0.160. The van der Waals surface area contributed by atoms with Crippen molar-refractivity contribution in [1.82, 2.24) is 5.32 Å². The van der Waals surface area contributed by atoms with Crippen LogP contribution in [-0.4, -0.2) is 11.8 Å². The van der Waals surface area contributed by atoms with E-state index in [2.05, 4.69) is 10.6 Å². The van der Waals surface area contributed by atoms with Crippen molar-refractivity contribution < 1.29 is 14.0 Å². The van der Waals surface area contributed by atoms with E-state index in [1.807, 2.05) is 6.92 Å². The van der Waals surface area contributed by atoms with E-state index in [9.17, 15) is 14.0 Å². The summed E-state index contributed by atoms with van der Waals surface area (Å²) in [6, 6.07) is 11.2. The summed E-state index contributed by atoms with van der Waals surface area (Å²) in [5.41, 5.74) is 2.27. The SMILES string of the molecule is Cc1c(Cl)cccc1NC(=O)C1CC1C(=O)NCc1ccc(F)cc1. The Hall–Kier alpha value is -2.40. The van der Waals surface area contributed by atoms with Gasteiger partial charge in [-0.05, 0) is 48.7 Å². The summed E-state index contributed by atoms with van der Waals surface area (Å²) in [7, 11) is 0. The second kappa shape index (κ2) is 7.23. The Morgan fingerprint density at radius 1 is 1.12 bits per heavy atom. The standard InChI is InChI=1S/C19H18ClFN2O2/c1-11-16(20)3-2-4-17(11)23-19(25)15-9-14(15)18(24)22-10-12-5-7-13(21)8-6-12/h2-8,14-15H,9-10H2,1H3,(H,22,24)(H,23,25). The number of carbonyl (C=O) groups excluding carboxylic acids is 2. The second-order valence-corrected chi connectivity index (χ2v) is 6.60. The van der Waals surface area contributed by atoms with E-state index in [0.29, 0.717) is 23.7 Å². The van der Waals surface area contributed by atoms with Crippen LogP contribution in [0.25, 0.3) is 0 Å². The molecule has 1 saturated carbocycles. The quantitative estimate of drug-likeness (QED) is 0.854. The largest absolute Gasteiger partial charge is 0.352 e. The Bertz CT molecular complexity index is 808. The van der Waals surface area contributed by atoms with Gasteiger partial charge in [0.05, 0.1) is 11.8 Å². The highest BCUT2D eigenvalue weighted by molar-refractivity contribution is 6.31. The lowest BCUT2D eigenvalue weighted by atomic mass is 10.2. The van der Waals surface area contributed by atoms with E-state index in [4.69, 9.17) is 11.6 Å². The molecular weight excluding hydrogens is 343 g/mol. The average molecular weight is 361 g/mol. The molecule has 2 amide bonds. The molecule has 2 aromatic carbocycles. The first kappa shape index (κ1) is 17.4. The van der Waals surface area contributed by atoms with Gasteiger partial charge in [-0.3, -0.25) is 9.59 Å². The fraction of sp³-hybridized carbons (Fsp3) is 0.263. The molecule has 2 aromatic rings. The van der Waals surface area contributed by atoms with E-state index in [-0.39, 0.29) is 29.5 Å². The zero-order chi connectivity index (χ0) is 18.0. The number of nitrogens with one attached hydrogen (secondary N) is 2. The lowest BCUT2D eigenvalue weighted by molar-refractivity contribution is -0.125. The van der Waals surface area contributed by atoms with Crippen LogP contribution in [0.4, 0.5) is 10.1 Å².